The Morgan fingerprint density at radius 1 is 0.411 bits per heavy atom. The lowest BCUT2D eigenvalue weighted by Crippen LogP contribution is -2.17. The van der Waals surface area contributed by atoms with Crippen molar-refractivity contribution in [3.05, 3.63) is 206 Å². The molecule has 0 aliphatic carbocycles. The average Bonchev–Trinajstić information content (AvgIpc) is 3.84. The zero-order valence-corrected chi connectivity index (χ0v) is 31.3. The van der Waals surface area contributed by atoms with Crippen molar-refractivity contribution in [1.82, 2.24) is 0 Å². The quantitative estimate of drug-likeness (QED) is 0.162. The molecule has 2 aromatic heterocycles. The number of thiophene rings is 1. The number of anilines is 2. The molecule has 0 saturated carbocycles. The van der Waals surface area contributed by atoms with Gasteiger partial charge in [-0.1, -0.05) is 158 Å². The van der Waals surface area contributed by atoms with Crippen molar-refractivity contribution in [3.8, 4) is 33.4 Å². The molecule has 0 saturated heterocycles. The molecule has 11 aromatic rings. The highest BCUT2D eigenvalue weighted by atomic mass is 32.1. The molecular formula is C53H35NOS. The zero-order valence-electron chi connectivity index (χ0n) is 30.5. The highest BCUT2D eigenvalue weighted by Crippen LogP contribution is 2.43. The largest absolute Gasteiger partial charge is 0.456 e. The summed E-state index contributed by atoms with van der Waals surface area (Å²) in [4.78, 5) is 2.45. The van der Waals surface area contributed by atoms with Crippen LogP contribution in [0.15, 0.2) is 205 Å². The fourth-order valence-electron chi connectivity index (χ4n) is 8.54. The summed E-state index contributed by atoms with van der Waals surface area (Å²) in [7, 11) is 0. The van der Waals surface area contributed by atoms with Gasteiger partial charge >= 0.3 is 0 Å². The summed E-state index contributed by atoms with van der Waals surface area (Å²) in [5.41, 5.74) is 12.6. The van der Waals surface area contributed by atoms with Gasteiger partial charge in [-0.25, -0.2) is 0 Å². The highest BCUT2D eigenvalue weighted by molar-refractivity contribution is 7.26. The molecule has 0 aliphatic heterocycles. The van der Waals surface area contributed by atoms with Gasteiger partial charge in [-0.15, -0.1) is 11.3 Å². The summed E-state index contributed by atoms with van der Waals surface area (Å²) in [6.07, 6.45) is 0. The molecule has 0 bridgehead atoms. The van der Waals surface area contributed by atoms with Crippen LogP contribution >= 0.6 is 11.3 Å². The molecule has 0 unspecified atom stereocenters. The Balaban J connectivity index is 1.09. The van der Waals surface area contributed by atoms with Gasteiger partial charge in [0.1, 0.15) is 11.2 Å². The number of para-hydroxylation sites is 1. The van der Waals surface area contributed by atoms with Crippen molar-refractivity contribution in [2.75, 3.05) is 4.90 Å². The third-order valence-corrected chi connectivity index (χ3v) is 12.4. The molecular weight excluding hydrogens is 699 g/mol. The number of benzene rings is 9. The van der Waals surface area contributed by atoms with Crippen molar-refractivity contribution in [3.63, 3.8) is 0 Å². The molecule has 0 spiro atoms. The topological polar surface area (TPSA) is 16.4 Å². The van der Waals surface area contributed by atoms with Crippen LogP contribution in [-0.4, -0.2) is 0 Å². The standard InChI is InChI=1S/C53H35NOS/c1-2-14-35(15-3-1)42-24-11-17-36-18-12-26-47(52(36)42)41-21-5-4-16-38(41)34-54(40-30-31-45-44-22-6-8-28-49(44)55-50(45)33-40)39-20-10-19-37(32-39)43-25-13-27-48-46-23-7-9-29-51(46)56-53(43)48/h1-33H,34H2. The van der Waals surface area contributed by atoms with E-state index in [0.29, 0.717) is 6.54 Å². The van der Waals surface area contributed by atoms with Crippen LogP contribution in [0.25, 0.3) is 86.3 Å². The third-order valence-electron chi connectivity index (χ3n) is 11.2. The van der Waals surface area contributed by atoms with Crippen molar-refractivity contribution in [1.29, 1.82) is 0 Å². The minimum atomic E-state index is 0.655. The van der Waals surface area contributed by atoms with E-state index in [9.17, 15) is 0 Å². The fourth-order valence-corrected chi connectivity index (χ4v) is 9.78. The molecule has 0 atom stereocenters. The van der Waals surface area contributed by atoms with Gasteiger partial charge in [-0.3, -0.25) is 0 Å². The summed E-state index contributed by atoms with van der Waals surface area (Å²) in [6, 6.07) is 72.5. The minimum Gasteiger partial charge on any atom is -0.456 e. The third kappa shape index (κ3) is 5.47. The summed E-state index contributed by atoms with van der Waals surface area (Å²) >= 11 is 1.87. The normalized spacial score (nSPS) is 11.6. The van der Waals surface area contributed by atoms with Crippen molar-refractivity contribution in [2.45, 2.75) is 6.54 Å². The Bertz CT molecular complexity index is 3240. The van der Waals surface area contributed by atoms with Crippen molar-refractivity contribution >= 4 is 75.6 Å². The number of fused-ring (bicyclic) bond motifs is 7. The van der Waals surface area contributed by atoms with E-state index in [-0.39, 0.29) is 0 Å². The Kier molecular flexibility index (Phi) is 7.78. The van der Waals surface area contributed by atoms with E-state index in [0.717, 1.165) is 33.3 Å². The second-order valence-electron chi connectivity index (χ2n) is 14.4. The predicted octanol–water partition coefficient (Wildman–Crippen LogP) is 15.4. The summed E-state index contributed by atoms with van der Waals surface area (Å²) in [5, 5.41) is 7.37. The van der Waals surface area contributed by atoms with Gasteiger partial charge in [0.15, 0.2) is 0 Å². The summed E-state index contributed by atoms with van der Waals surface area (Å²) in [6.45, 7) is 0.655. The van der Waals surface area contributed by atoms with Crippen LogP contribution in [0.1, 0.15) is 5.56 Å². The van der Waals surface area contributed by atoms with E-state index in [2.05, 4.69) is 199 Å². The van der Waals surface area contributed by atoms with Gasteiger partial charge in [-0.2, -0.15) is 0 Å². The smallest absolute Gasteiger partial charge is 0.137 e. The maximum Gasteiger partial charge on any atom is 0.137 e. The molecule has 0 amide bonds. The van der Waals surface area contributed by atoms with E-state index in [1.54, 1.807) is 0 Å². The Labute approximate surface area is 329 Å². The molecule has 0 radical (unpaired) electrons. The van der Waals surface area contributed by atoms with E-state index in [1.807, 2.05) is 17.4 Å². The first-order valence-corrected chi connectivity index (χ1v) is 19.9. The van der Waals surface area contributed by atoms with Crippen molar-refractivity contribution < 1.29 is 4.42 Å². The van der Waals surface area contributed by atoms with Crippen LogP contribution in [0, 0.1) is 0 Å². The molecule has 2 heterocycles. The number of hydrogen-bond acceptors (Lipinski definition) is 3. The molecule has 0 fully saturated rings. The van der Waals surface area contributed by atoms with E-state index >= 15 is 0 Å². The monoisotopic (exact) mass is 733 g/mol. The molecule has 2 nitrogen and oxygen atoms in total. The van der Waals surface area contributed by atoms with Crippen LogP contribution in [0.4, 0.5) is 11.4 Å². The van der Waals surface area contributed by atoms with Crippen LogP contribution in [-0.2, 0) is 6.54 Å². The first kappa shape index (κ1) is 32.5. The lowest BCUT2D eigenvalue weighted by molar-refractivity contribution is 0.669. The maximum absolute atomic E-state index is 6.47. The Hall–Kier alpha value is -6.94. The van der Waals surface area contributed by atoms with Crippen LogP contribution in [0.2, 0.25) is 0 Å². The molecule has 264 valence electrons. The minimum absolute atomic E-state index is 0.655. The second kappa shape index (κ2) is 13.4. The van der Waals surface area contributed by atoms with Gasteiger partial charge in [0.05, 0.1) is 0 Å². The van der Waals surface area contributed by atoms with Gasteiger partial charge in [0.25, 0.3) is 0 Å². The molecule has 0 N–H and O–H groups in total. The van der Waals surface area contributed by atoms with Gasteiger partial charge < -0.3 is 9.32 Å². The molecule has 9 aromatic carbocycles. The average molecular weight is 734 g/mol. The molecule has 3 heteroatoms. The van der Waals surface area contributed by atoms with Gasteiger partial charge in [0.2, 0.25) is 0 Å². The number of nitrogens with zero attached hydrogens (tertiary/aromatic N) is 1. The Morgan fingerprint density at radius 2 is 1.05 bits per heavy atom. The molecule has 56 heavy (non-hydrogen) atoms. The van der Waals surface area contributed by atoms with E-state index in [1.165, 1.54) is 69.9 Å². The van der Waals surface area contributed by atoms with Crippen LogP contribution < -0.4 is 4.90 Å². The summed E-state index contributed by atoms with van der Waals surface area (Å²) < 4.78 is 9.10. The van der Waals surface area contributed by atoms with Crippen LogP contribution in [0.3, 0.4) is 0 Å². The summed E-state index contributed by atoms with van der Waals surface area (Å²) in [5.74, 6) is 0. The fraction of sp³-hybridized carbons (Fsp3) is 0.0189. The second-order valence-corrected chi connectivity index (χ2v) is 15.5. The number of furan rings is 1. The highest BCUT2D eigenvalue weighted by Gasteiger charge is 2.19. The maximum atomic E-state index is 6.47. The number of hydrogen-bond donors (Lipinski definition) is 0. The first-order chi connectivity index (χ1) is 27.8. The Morgan fingerprint density at radius 3 is 1.96 bits per heavy atom. The van der Waals surface area contributed by atoms with Gasteiger partial charge in [0, 0.05) is 54.9 Å². The number of rotatable bonds is 7. The lowest BCUT2D eigenvalue weighted by atomic mass is 9.89. The lowest BCUT2D eigenvalue weighted by Gasteiger charge is -2.27. The van der Waals surface area contributed by atoms with E-state index < -0.39 is 0 Å². The molecule has 11 rings (SSSR count). The van der Waals surface area contributed by atoms with E-state index in [4.69, 9.17) is 4.42 Å². The molecule has 0 aliphatic rings. The SMILES string of the molecule is c1ccc(-c2cccc3cccc(-c4ccccc4CN(c4cccc(-c5cccc6c5sc5ccccc56)c4)c4ccc5c(c4)oc4ccccc45)c23)cc1. The predicted molar refractivity (Wildman–Crippen MR) is 239 cm³/mol. The van der Waals surface area contributed by atoms with Crippen molar-refractivity contribution in [2.24, 2.45) is 0 Å². The van der Waals surface area contributed by atoms with Crippen LogP contribution in [0.5, 0.6) is 0 Å². The zero-order chi connectivity index (χ0) is 37.0. The first-order valence-electron chi connectivity index (χ1n) is 19.1. The van der Waals surface area contributed by atoms with Gasteiger partial charge in [-0.05, 0) is 86.1 Å².